The van der Waals surface area contributed by atoms with E-state index in [9.17, 15) is 9.59 Å². The van der Waals surface area contributed by atoms with E-state index in [4.69, 9.17) is 9.47 Å². The van der Waals surface area contributed by atoms with Gasteiger partial charge in [-0.25, -0.2) is 4.79 Å². The zero-order valence-electron chi connectivity index (χ0n) is 14.1. The van der Waals surface area contributed by atoms with Crippen LogP contribution in [0.2, 0.25) is 0 Å². The average Bonchev–Trinajstić information content (AvgIpc) is 2.42. The van der Waals surface area contributed by atoms with E-state index in [0.717, 1.165) is 39.3 Å². The minimum Gasteiger partial charge on any atom is -0.444 e. The number of nitrogens with zero attached hydrogens (tertiary/aromatic N) is 1. The number of carbonyl (C=O) groups is 2. The summed E-state index contributed by atoms with van der Waals surface area (Å²) in [7, 11) is 0. The lowest BCUT2D eigenvalue weighted by molar-refractivity contribution is -0.122. The van der Waals surface area contributed by atoms with E-state index in [1.165, 1.54) is 0 Å². The molecule has 1 unspecified atom stereocenters. The van der Waals surface area contributed by atoms with Crippen LogP contribution >= 0.6 is 0 Å². The second-order valence-corrected chi connectivity index (χ2v) is 6.47. The highest BCUT2D eigenvalue weighted by atomic mass is 16.6. The van der Waals surface area contributed by atoms with Gasteiger partial charge in [0, 0.05) is 19.6 Å². The minimum absolute atomic E-state index is 0.201. The van der Waals surface area contributed by atoms with Crippen molar-refractivity contribution in [1.29, 1.82) is 0 Å². The number of hydrogen-bond donors (Lipinski definition) is 2. The summed E-state index contributed by atoms with van der Waals surface area (Å²) in [6, 6.07) is -0.613. The zero-order chi connectivity index (χ0) is 16.6. The molecule has 7 nitrogen and oxygen atoms in total. The summed E-state index contributed by atoms with van der Waals surface area (Å²) in [5.74, 6) is -0.201. The molecule has 1 heterocycles. The highest BCUT2D eigenvalue weighted by molar-refractivity contribution is 5.85. The first-order valence-corrected chi connectivity index (χ1v) is 7.85. The molecule has 1 fully saturated rings. The van der Waals surface area contributed by atoms with E-state index in [1.807, 2.05) is 0 Å². The number of ether oxygens (including phenoxy) is 2. The number of amides is 2. The van der Waals surface area contributed by atoms with Gasteiger partial charge in [-0.05, 0) is 40.7 Å². The smallest absolute Gasteiger partial charge is 0.408 e. The highest BCUT2D eigenvalue weighted by Crippen LogP contribution is 2.06. The Bertz CT molecular complexity index is 362. The molecule has 1 aliphatic heterocycles. The van der Waals surface area contributed by atoms with E-state index >= 15 is 0 Å². The SMILES string of the molecule is CC(NC(=O)OC(C)(C)C)C(=O)NCCCN1CCOCC1. The van der Waals surface area contributed by atoms with Crippen LogP contribution in [0, 0.1) is 0 Å². The predicted molar refractivity (Wildman–Crippen MR) is 83.7 cm³/mol. The molecule has 2 N–H and O–H groups in total. The third kappa shape index (κ3) is 8.19. The summed E-state index contributed by atoms with van der Waals surface area (Å²) in [4.78, 5) is 25.8. The molecule has 22 heavy (non-hydrogen) atoms. The summed E-state index contributed by atoms with van der Waals surface area (Å²) in [6.07, 6.45) is 0.300. The molecule has 2 amide bonds. The molecule has 0 aromatic carbocycles. The van der Waals surface area contributed by atoms with Gasteiger partial charge >= 0.3 is 6.09 Å². The van der Waals surface area contributed by atoms with Crippen LogP contribution in [0.3, 0.4) is 0 Å². The number of alkyl carbamates (subject to hydrolysis) is 1. The van der Waals surface area contributed by atoms with E-state index in [0.29, 0.717) is 6.54 Å². The molecule has 1 saturated heterocycles. The zero-order valence-corrected chi connectivity index (χ0v) is 14.1. The van der Waals surface area contributed by atoms with Gasteiger partial charge in [0.25, 0.3) is 0 Å². The first kappa shape index (κ1) is 18.7. The summed E-state index contributed by atoms with van der Waals surface area (Å²) in [5, 5.41) is 5.35. The first-order chi connectivity index (χ1) is 10.3. The quantitative estimate of drug-likeness (QED) is 0.707. The van der Waals surface area contributed by atoms with E-state index in [2.05, 4.69) is 15.5 Å². The first-order valence-electron chi connectivity index (χ1n) is 7.85. The van der Waals surface area contributed by atoms with Gasteiger partial charge in [0.15, 0.2) is 0 Å². The minimum atomic E-state index is -0.613. The van der Waals surface area contributed by atoms with E-state index in [1.54, 1.807) is 27.7 Å². The fraction of sp³-hybridized carbons (Fsp3) is 0.867. The van der Waals surface area contributed by atoms with Crippen molar-refractivity contribution in [2.45, 2.75) is 45.8 Å². The largest absolute Gasteiger partial charge is 0.444 e. The summed E-state index contributed by atoms with van der Waals surface area (Å²) >= 11 is 0. The Morgan fingerprint density at radius 1 is 1.27 bits per heavy atom. The van der Waals surface area contributed by atoms with Gasteiger partial charge in [0.05, 0.1) is 13.2 Å². The third-order valence-corrected chi connectivity index (χ3v) is 3.18. The van der Waals surface area contributed by atoms with Gasteiger partial charge < -0.3 is 20.1 Å². The lowest BCUT2D eigenvalue weighted by Crippen LogP contribution is -2.47. The van der Waals surface area contributed by atoms with Crippen molar-refractivity contribution in [3.05, 3.63) is 0 Å². The lowest BCUT2D eigenvalue weighted by atomic mass is 10.2. The molecule has 128 valence electrons. The fourth-order valence-corrected chi connectivity index (χ4v) is 2.04. The van der Waals surface area contributed by atoms with Crippen molar-refractivity contribution >= 4 is 12.0 Å². The topological polar surface area (TPSA) is 79.9 Å². The Hall–Kier alpha value is -1.34. The lowest BCUT2D eigenvalue weighted by Gasteiger charge is -2.26. The van der Waals surface area contributed by atoms with Crippen LogP contribution in [0.4, 0.5) is 4.79 Å². The molecule has 1 rings (SSSR count). The summed E-state index contributed by atoms with van der Waals surface area (Å²) in [5.41, 5.74) is -0.571. The normalized spacial score (nSPS) is 17.6. The number of rotatable bonds is 6. The van der Waals surface area contributed by atoms with Crippen molar-refractivity contribution in [2.75, 3.05) is 39.4 Å². The van der Waals surface area contributed by atoms with Crippen molar-refractivity contribution in [3.63, 3.8) is 0 Å². The molecule has 0 saturated carbocycles. The Morgan fingerprint density at radius 3 is 2.50 bits per heavy atom. The molecule has 0 spiro atoms. The van der Waals surface area contributed by atoms with Gasteiger partial charge in [-0.1, -0.05) is 0 Å². The monoisotopic (exact) mass is 315 g/mol. The maximum atomic E-state index is 11.9. The highest BCUT2D eigenvalue weighted by Gasteiger charge is 2.20. The van der Waals surface area contributed by atoms with Crippen LogP contribution in [0.15, 0.2) is 0 Å². The fourth-order valence-electron chi connectivity index (χ4n) is 2.04. The molecule has 0 radical (unpaired) electrons. The molecule has 1 atom stereocenters. The van der Waals surface area contributed by atoms with Gasteiger partial charge in [-0.15, -0.1) is 0 Å². The van der Waals surface area contributed by atoms with Crippen LogP contribution in [0.5, 0.6) is 0 Å². The second kappa shape index (κ2) is 8.95. The summed E-state index contributed by atoms with van der Waals surface area (Å²) in [6.45, 7) is 12.0. The molecule has 0 aromatic heterocycles. The number of nitrogens with one attached hydrogen (secondary N) is 2. The van der Waals surface area contributed by atoms with Crippen LogP contribution < -0.4 is 10.6 Å². The van der Waals surface area contributed by atoms with E-state index < -0.39 is 17.7 Å². The van der Waals surface area contributed by atoms with Gasteiger partial charge in [0.1, 0.15) is 11.6 Å². The second-order valence-electron chi connectivity index (χ2n) is 6.47. The Morgan fingerprint density at radius 2 is 1.91 bits per heavy atom. The standard InChI is InChI=1S/C15H29N3O4/c1-12(17-14(20)22-15(2,3)4)13(19)16-6-5-7-18-8-10-21-11-9-18/h12H,5-11H2,1-4H3,(H,16,19)(H,17,20). The van der Waals surface area contributed by atoms with Crippen LogP contribution in [0.1, 0.15) is 34.1 Å². The van der Waals surface area contributed by atoms with E-state index in [-0.39, 0.29) is 5.91 Å². The van der Waals surface area contributed by atoms with Crippen LogP contribution in [0.25, 0.3) is 0 Å². The molecule has 7 heteroatoms. The summed E-state index contributed by atoms with van der Waals surface area (Å²) < 4.78 is 10.4. The Balaban J connectivity index is 2.14. The maximum absolute atomic E-state index is 11.9. The van der Waals surface area contributed by atoms with Crippen molar-refractivity contribution < 1.29 is 19.1 Å². The van der Waals surface area contributed by atoms with Crippen LogP contribution in [-0.4, -0.2) is 67.9 Å². The Labute approximate surface area is 132 Å². The van der Waals surface area contributed by atoms with Gasteiger partial charge in [0.2, 0.25) is 5.91 Å². The van der Waals surface area contributed by atoms with Crippen molar-refractivity contribution in [1.82, 2.24) is 15.5 Å². The third-order valence-electron chi connectivity index (χ3n) is 3.18. The molecule has 1 aliphatic rings. The van der Waals surface area contributed by atoms with Crippen molar-refractivity contribution in [2.24, 2.45) is 0 Å². The molecule has 0 bridgehead atoms. The molecule has 0 aliphatic carbocycles. The molecular weight excluding hydrogens is 286 g/mol. The number of hydrogen-bond acceptors (Lipinski definition) is 5. The predicted octanol–water partition coefficient (Wildman–Crippen LogP) is 0.738. The number of carbonyl (C=O) groups excluding carboxylic acids is 2. The van der Waals surface area contributed by atoms with Gasteiger partial charge in [-0.2, -0.15) is 0 Å². The average molecular weight is 315 g/mol. The Kier molecular flexibility index (Phi) is 7.61. The maximum Gasteiger partial charge on any atom is 0.408 e. The van der Waals surface area contributed by atoms with Crippen LogP contribution in [-0.2, 0) is 14.3 Å². The van der Waals surface area contributed by atoms with Crippen molar-refractivity contribution in [3.8, 4) is 0 Å². The number of morpholine rings is 1. The molecule has 0 aromatic rings. The molecular formula is C15H29N3O4. The van der Waals surface area contributed by atoms with Gasteiger partial charge in [-0.3, -0.25) is 9.69 Å².